The smallest absolute Gasteiger partial charge is 0.266 e. The summed E-state index contributed by atoms with van der Waals surface area (Å²) >= 11 is 11.4. The summed E-state index contributed by atoms with van der Waals surface area (Å²) in [6.45, 7) is 0.225. The Hall–Kier alpha value is -2.33. The molecule has 4 rings (SSSR count). The summed E-state index contributed by atoms with van der Waals surface area (Å²) in [6.07, 6.45) is 1.95. The number of thioether (sulfide) groups is 1. The van der Waals surface area contributed by atoms with Crippen molar-refractivity contribution in [1.82, 2.24) is 9.88 Å². The van der Waals surface area contributed by atoms with Gasteiger partial charge in [0.15, 0.2) is 5.13 Å². The molecule has 3 aromatic rings. The second-order valence-electron chi connectivity index (χ2n) is 6.59. The Morgan fingerprint density at radius 1 is 1.19 bits per heavy atom. The van der Waals surface area contributed by atoms with Gasteiger partial charge in [0.05, 0.1) is 10.6 Å². The highest BCUT2D eigenvalue weighted by atomic mass is 79.9. The van der Waals surface area contributed by atoms with Crippen molar-refractivity contribution >= 4 is 78.6 Å². The quantitative estimate of drug-likeness (QED) is 0.322. The van der Waals surface area contributed by atoms with Crippen LogP contribution in [0.3, 0.4) is 0 Å². The molecule has 0 spiro atoms. The number of thiocarbonyl (C=S) groups is 1. The maximum absolute atomic E-state index is 12.7. The van der Waals surface area contributed by atoms with Gasteiger partial charge >= 0.3 is 0 Å². The standard InChI is InChI=1S/C22H16BrN3O2S3/c23-16-8-4-5-14(11-16)12-18-20(28)26(22(29)31-18)10-9-19(27)25-21-24-17(13-30-21)15-6-2-1-3-7-15/h1-8,11-13H,9-10H2,(H,24,25,27). The molecule has 0 radical (unpaired) electrons. The van der Waals surface area contributed by atoms with Crippen LogP contribution in [0.5, 0.6) is 0 Å². The van der Waals surface area contributed by atoms with E-state index in [0.717, 1.165) is 21.3 Å². The van der Waals surface area contributed by atoms with Crippen LogP contribution in [0.25, 0.3) is 17.3 Å². The van der Waals surface area contributed by atoms with Crippen molar-refractivity contribution in [2.45, 2.75) is 6.42 Å². The molecule has 9 heteroatoms. The fourth-order valence-corrected chi connectivity index (χ4v) is 5.37. The van der Waals surface area contributed by atoms with Crippen LogP contribution >= 0.6 is 51.2 Å². The SMILES string of the molecule is O=C(CCN1C(=O)C(=Cc2cccc(Br)c2)SC1=S)Nc1nc(-c2ccccc2)cs1. The van der Waals surface area contributed by atoms with E-state index in [1.165, 1.54) is 28.0 Å². The molecule has 0 unspecified atom stereocenters. The third-order valence-corrected chi connectivity index (χ3v) is 7.03. The molecule has 2 heterocycles. The Kier molecular flexibility index (Phi) is 6.96. The number of carbonyl (C=O) groups excluding carboxylic acids is 2. The van der Waals surface area contributed by atoms with E-state index < -0.39 is 0 Å². The van der Waals surface area contributed by atoms with Gasteiger partial charge < -0.3 is 5.32 Å². The van der Waals surface area contributed by atoms with Gasteiger partial charge in [0, 0.05) is 28.4 Å². The molecule has 1 aliphatic heterocycles. The molecular formula is C22H16BrN3O2S3. The number of rotatable bonds is 6. The molecule has 156 valence electrons. The lowest BCUT2D eigenvalue weighted by molar-refractivity contribution is -0.122. The van der Waals surface area contributed by atoms with E-state index in [1.807, 2.05) is 66.1 Å². The average Bonchev–Trinajstić information content (AvgIpc) is 3.32. The van der Waals surface area contributed by atoms with Gasteiger partial charge in [0.1, 0.15) is 4.32 Å². The number of nitrogens with zero attached hydrogens (tertiary/aromatic N) is 2. The van der Waals surface area contributed by atoms with E-state index in [2.05, 4.69) is 26.2 Å². The van der Waals surface area contributed by atoms with E-state index in [0.29, 0.717) is 14.4 Å². The number of carbonyl (C=O) groups is 2. The van der Waals surface area contributed by atoms with Gasteiger partial charge in [-0.3, -0.25) is 14.5 Å². The molecule has 0 saturated carbocycles. The van der Waals surface area contributed by atoms with Crippen LogP contribution in [0.15, 0.2) is 69.4 Å². The predicted octanol–water partition coefficient (Wildman–Crippen LogP) is 5.80. The van der Waals surface area contributed by atoms with Crippen LogP contribution in [0, 0.1) is 0 Å². The fraction of sp³-hybridized carbons (Fsp3) is 0.0909. The molecule has 1 saturated heterocycles. The number of hydrogen-bond donors (Lipinski definition) is 1. The summed E-state index contributed by atoms with van der Waals surface area (Å²) in [5.41, 5.74) is 2.72. The first-order valence-electron chi connectivity index (χ1n) is 9.31. The average molecular weight is 530 g/mol. The molecule has 1 N–H and O–H groups in total. The molecule has 1 aliphatic rings. The highest BCUT2D eigenvalue weighted by Gasteiger charge is 2.32. The lowest BCUT2D eigenvalue weighted by Crippen LogP contribution is -2.31. The number of nitrogens with one attached hydrogen (secondary N) is 1. The summed E-state index contributed by atoms with van der Waals surface area (Å²) < 4.78 is 1.39. The molecule has 0 bridgehead atoms. The summed E-state index contributed by atoms with van der Waals surface area (Å²) in [4.78, 5) is 31.6. The van der Waals surface area contributed by atoms with Gasteiger partial charge in [-0.05, 0) is 23.8 Å². The highest BCUT2D eigenvalue weighted by Crippen LogP contribution is 2.33. The highest BCUT2D eigenvalue weighted by molar-refractivity contribution is 9.10. The molecule has 5 nitrogen and oxygen atoms in total. The molecule has 2 aromatic carbocycles. The largest absolute Gasteiger partial charge is 0.302 e. The maximum atomic E-state index is 12.7. The van der Waals surface area contributed by atoms with Crippen molar-refractivity contribution < 1.29 is 9.59 Å². The van der Waals surface area contributed by atoms with Crippen LogP contribution in [-0.4, -0.2) is 32.6 Å². The Bertz CT molecular complexity index is 1180. The van der Waals surface area contributed by atoms with E-state index in [9.17, 15) is 9.59 Å². The Morgan fingerprint density at radius 3 is 2.77 bits per heavy atom. The third-order valence-electron chi connectivity index (χ3n) is 4.40. The van der Waals surface area contributed by atoms with Crippen molar-refractivity contribution in [3.05, 3.63) is 74.9 Å². The molecule has 2 amide bonds. The van der Waals surface area contributed by atoms with Crippen LogP contribution in [0.4, 0.5) is 5.13 Å². The molecule has 31 heavy (non-hydrogen) atoms. The van der Waals surface area contributed by atoms with Gasteiger partial charge in [0.2, 0.25) is 5.91 Å². The summed E-state index contributed by atoms with van der Waals surface area (Å²) in [6, 6.07) is 17.4. The summed E-state index contributed by atoms with van der Waals surface area (Å²) in [5.74, 6) is -0.387. The Labute approximate surface area is 201 Å². The second kappa shape index (κ2) is 9.86. The predicted molar refractivity (Wildman–Crippen MR) is 135 cm³/mol. The second-order valence-corrected chi connectivity index (χ2v) is 10.0. The zero-order valence-electron chi connectivity index (χ0n) is 16.1. The van der Waals surface area contributed by atoms with Crippen LogP contribution in [-0.2, 0) is 9.59 Å². The van der Waals surface area contributed by atoms with Crippen LogP contribution in [0.2, 0.25) is 0 Å². The topological polar surface area (TPSA) is 62.3 Å². The molecule has 1 fully saturated rings. The van der Waals surface area contributed by atoms with E-state index in [1.54, 1.807) is 0 Å². The van der Waals surface area contributed by atoms with Crippen molar-refractivity contribution in [3.63, 3.8) is 0 Å². The van der Waals surface area contributed by atoms with Crippen molar-refractivity contribution in [2.24, 2.45) is 0 Å². The van der Waals surface area contributed by atoms with Gasteiger partial charge in [-0.1, -0.05) is 82.4 Å². The number of halogens is 1. The zero-order valence-corrected chi connectivity index (χ0v) is 20.1. The summed E-state index contributed by atoms with van der Waals surface area (Å²) in [7, 11) is 0. The maximum Gasteiger partial charge on any atom is 0.266 e. The van der Waals surface area contributed by atoms with Crippen molar-refractivity contribution in [3.8, 4) is 11.3 Å². The van der Waals surface area contributed by atoms with Crippen molar-refractivity contribution in [2.75, 3.05) is 11.9 Å². The van der Waals surface area contributed by atoms with Gasteiger partial charge in [-0.15, -0.1) is 11.3 Å². The lowest BCUT2D eigenvalue weighted by atomic mass is 10.2. The number of amides is 2. The number of thiazole rings is 1. The summed E-state index contributed by atoms with van der Waals surface area (Å²) in [5, 5.41) is 5.24. The monoisotopic (exact) mass is 529 g/mol. The van der Waals surface area contributed by atoms with Gasteiger partial charge in [0.25, 0.3) is 5.91 Å². The van der Waals surface area contributed by atoms with Crippen LogP contribution in [0.1, 0.15) is 12.0 Å². The molecule has 0 atom stereocenters. The van der Waals surface area contributed by atoms with Gasteiger partial charge in [-0.25, -0.2) is 4.98 Å². The minimum Gasteiger partial charge on any atom is -0.302 e. The first-order chi connectivity index (χ1) is 15.0. The number of anilines is 1. The number of hydrogen-bond acceptors (Lipinski definition) is 6. The zero-order chi connectivity index (χ0) is 21.8. The lowest BCUT2D eigenvalue weighted by Gasteiger charge is -2.13. The first-order valence-corrected chi connectivity index (χ1v) is 12.2. The van der Waals surface area contributed by atoms with E-state index in [4.69, 9.17) is 12.2 Å². The van der Waals surface area contributed by atoms with Crippen LogP contribution < -0.4 is 5.32 Å². The fourth-order valence-electron chi connectivity index (χ4n) is 2.91. The minimum absolute atomic E-state index is 0.136. The molecular weight excluding hydrogens is 514 g/mol. The van der Waals surface area contributed by atoms with Crippen molar-refractivity contribution in [1.29, 1.82) is 0 Å². The molecule has 1 aromatic heterocycles. The normalized spacial score (nSPS) is 15.0. The van der Waals surface area contributed by atoms with Gasteiger partial charge in [-0.2, -0.15) is 0 Å². The molecule has 0 aliphatic carbocycles. The van der Waals surface area contributed by atoms with E-state index in [-0.39, 0.29) is 24.8 Å². The minimum atomic E-state index is -0.209. The number of benzene rings is 2. The Morgan fingerprint density at radius 2 is 2.00 bits per heavy atom. The van der Waals surface area contributed by atoms with E-state index >= 15 is 0 Å². The number of aromatic nitrogens is 1. The Balaban J connectivity index is 1.35. The third kappa shape index (κ3) is 5.48. The first kappa shape index (κ1) is 21.9.